The molecule has 0 spiro atoms. The molecule has 1 unspecified atom stereocenters. The van der Waals surface area contributed by atoms with E-state index in [0.29, 0.717) is 12.5 Å². The Morgan fingerprint density at radius 1 is 0.833 bits per heavy atom. The predicted octanol–water partition coefficient (Wildman–Crippen LogP) is 6.47. The first kappa shape index (κ1) is 23.6. The number of esters is 1. The molecule has 0 saturated carbocycles. The van der Waals surface area contributed by atoms with Crippen molar-refractivity contribution in [2.75, 3.05) is 7.11 Å². The van der Waals surface area contributed by atoms with Crippen LogP contribution in [-0.2, 0) is 14.0 Å². The van der Waals surface area contributed by atoms with Crippen molar-refractivity contribution in [3.8, 4) is 0 Å². The van der Waals surface area contributed by atoms with E-state index < -0.39 is 8.32 Å². The van der Waals surface area contributed by atoms with Gasteiger partial charge < -0.3 is 9.16 Å². The molecule has 0 aromatic heterocycles. The van der Waals surface area contributed by atoms with Crippen LogP contribution < -0.4 is 0 Å². The van der Waals surface area contributed by atoms with Crippen molar-refractivity contribution in [1.29, 1.82) is 0 Å². The quantitative estimate of drug-likeness (QED) is 0.180. The summed E-state index contributed by atoms with van der Waals surface area (Å²) in [4.78, 5) is 11.0. The number of unbranched alkanes of at least 4 members (excludes halogenated alkanes) is 8. The van der Waals surface area contributed by atoms with Crippen LogP contribution in [0.2, 0.25) is 19.6 Å². The molecule has 4 heteroatoms. The van der Waals surface area contributed by atoms with Gasteiger partial charge in [-0.3, -0.25) is 4.79 Å². The second-order valence-electron chi connectivity index (χ2n) is 7.94. The van der Waals surface area contributed by atoms with Gasteiger partial charge in [0.1, 0.15) is 0 Å². The van der Waals surface area contributed by atoms with E-state index >= 15 is 0 Å². The third kappa shape index (κ3) is 16.5. The molecule has 0 bridgehead atoms. The van der Waals surface area contributed by atoms with Gasteiger partial charge in [0.2, 0.25) is 0 Å². The van der Waals surface area contributed by atoms with Gasteiger partial charge in [-0.25, -0.2) is 0 Å². The Kier molecular flexibility index (Phi) is 14.7. The summed E-state index contributed by atoms with van der Waals surface area (Å²) >= 11 is 0. The van der Waals surface area contributed by atoms with Gasteiger partial charge in [-0.2, -0.15) is 0 Å². The first-order valence-electron chi connectivity index (χ1n) is 10.1. The van der Waals surface area contributed by atoms with Crippen molar-refractivity contribution in [3.63, 3.8) is 0 Å². The first-order valence-corrected chi connectivity index (χ1v) is 13.5. The Morgan fingerprint density at radius 2 is 1.33 bits per heavy atom. The van der Waals surface area contributed by atoms with Crippen molar-refractivity contribution in [1.82, 2.24) is 0 Å². The lowest BCUT2D eigenvalue weighted by molar-refractivity contribution is -0.140. The van der Waals surface area contributed by atoms with Gasteiger partial charge in [0.25, 0.3) is 0 Å². The van der Waals surface area contributed by atoms with E-state index in [4.69, 9.17) is 4.43 Å². The van der Waals surface area contributed by atoms with Crippen LogP contribution in [0.4, 0.5) is 0 Å². The van der Waals surface area contributed by atoms with Crippen LogP contribution in [0.25, 0.3) is 0 Å². The first-order chi connectivity index (χ1) is 11.4. The Bertz CT molecular complexity index is 300. The zero-order valence-corrected chi connectivity index (χ0v) is 18.0. The van der Waals surface area contributed by atoms with Crippen LogP contribution in [0.3, 0.4) is 0 Å². The molecule has 24 heavy (non-hydrogen) atoms. The smallest absolute Gasteiger partial charge is 0.305 e. The lowest BCUT2D eigenvalue weighted by Crippen LogP contribution is -2.32. The van der Waals surface area contributed by atoms with E-state index in [1.165, 1.54) is 71.3 Å². The molecule has 0 aromatic carbocycles. The minimum atomic E-state index is -1.43. The monoisotopic (exact) mass is 358 g/mol. The third-order valence-electron chi connectivity index (χ3n) is 4.28. The average molecular weight is 359 g/mol. The minimum absolute atomic E-state index is 0.0792. The van der Waals surface area contributed by atoms with Crippen molar-refractivity contribution in [3.05, 3.63) is 0 Å². The molecule has 0 rings (SSSR count). The Hall–Kier alpha value is -0.353. The van der Waals surface area contributed by atoms with Gasteiger partial charge in [-0.1, -0.05) is 64.7 Å². The maximum absolute atomic E-state index is 11.0. The number of ether oxygens (including phenoxy) is 1. The summed E-state index contributed by atoms with van der Waals surface area (Å²) < 4.78 is 11.0. The standard InChI is InChI=1S/C20H42O3Si/c1-6-7-8-13-16-19(23-24(3,4)5)17-14-11-9-10-12-15-18-20(21)22-2/h19H,6-18H2,1-5H3. The molecule has 0 saturated heterocycles. The highest BCUT2D eigenvalue weighted by Crippen LogP contribution is 2.20. The molecule has 0 aliphatic rings. The SMILES string of the molecule is CCCCCCC(CCCCCCCCC(=O)OC)O[Si](C)(C)C. The fourth-order valence-electron chi connectivity index (χ4n) is 3.01. The number of hydrogen-bond acceptors (Lipinski definition) is 3. The molecule has 0 fully saturated rings. The molecule has 1 atom stereocenters. The average Bonchev–Trinajstić information content (AvgIpc) is 2.52. The number of carbonyl (C=O) groups is 1. The van der Waals surface area contributed by atoms with Crippen molar-refractivity contribution < 1.29 is 14.0 Å². The summed E-state index contributed by atoms with van der Waals surface area (Å²) in [5, 5.41) is 0. The Balaban J connectivity index is 3.74. The fourth-order valence-corrected chi connectivity index (χ4v) is 4.25. The predicted molar refractivity (Wildman–Crippen MR) is 106 cm³/mol. The topological polar surface area (TPSA) is 35.5 Å². The number of hydrogen-bond donors (Lipinski definition) is 0. The van der Waals surface area contributed by atoms with E-state index in [1.807, 2.05) is 0 Å². The molecule has 144 valence electrons. The highest BCUT2D eigenvalue weighted by Gasteiger charge is 2.20. The van der Waals surface area contributed by atoms with E-state index in [1.54, 1.807) is 0 Å². The van der Waals surface area contributed by atoms with Gasteiger partial charge in [-0.15, -0.1) is 0 Å². The van der Waals surface area contributed by atoms with E-state index in [-0.39, 0.29) is 5.97 Å². The van der Waals surface area contributed by atoms with Crippen molar-refractivity contribution >= 4 is 14.3 Å². The lowest BCUT2D eigenvalue weighted by atomic mass is 10.0. The van der Waals surface area contributed by atoms with Crippen LogP contribution >= 0.6 is 0 Å². The highest BCUT2D eigenvalue weighted by molar-refractivity contribution is 6.69. The lowest BCUT2D eigenvalue weighted by Gasteiger charge is -2.26. The van der Waals surface area contributed by atoms with E-state index in [9.17, 15) is 4.79 Å². The minimum Gasteiger partial charge on any atom is -0.469 e. The zero-order chi connectivity index (χ0) is 18.3. The summed E-state index contributed by atoms with van der Waals surface area (Å²) in [6.45, 7) is 9.16. The molecule has 0 aliphatic carbocycles. The molecule has 0 amide bonds. The molecule has 0 aliphatic heterocycles. The number of methoxy groups -OCH3 is 1. The third-order valence-corrected chi connectivity index (χ3v) is 5.32. The maximum atomic E-state index is 11.0. The molecule has 0 radical (unpaired) electrons. The van der Waals surface area contributed by atoms with Gasteiger partial charge >= 0.3 is 5.97 Å². The summed E-state index contributed by atoms with van der Waals surface area (Å²) in [5.41, 5.74) is 0. The van der Waals surface area contributed by atoms with Crippen LogP contribution in [0, 0.1) is 0 Å². The van der Waals surface area contributed by atoms with Crippen molar-refractivity contribution in [2.45, 2.75) is 116 Å². The van der Waals surface area contributed by atoms with E-state index in [2.05, 4.69) is 31.3 Å². The fraction of sp³-hybridized carbons (Fsp3) is 0.950. The number of carbonyl (C=O) groups excluding carboxylic acids is 1. The molecule has 0 aromatic rings. The summed E-state index contributed by atoms with van der Waals surface area (Å²) in [6.07, 6.45) is 16.0. The second kappa shape index (κ2) is 14.9. The molecular formula is C20H42O3Si. The van der Waals surface area contributed by atoms with E-state index in [0.717, 1.165) is 12.8 Å². The van der Waals surface area contributed by atoms with Crippen LogP contribution in [-0.4, -0.2) is 27.5 Å². The summed E-state index contributed by atoms with van der Waals surface area (Å²) in [7, 11) is 0.0287. The Morgan fingerprint density at radius 3 is 1.83 bits per heavy atom. The number of rotatable bonds is 16. The van der Waals surface area contributed by atoms with Gasteiger partial charge in [0.15, 0.2) is 8.32 Å². The summed E-state index contributed by atoms with van der Waals surface area (Å²) in [6, 6.07) is 0. The van der Waals surface area contributed by atoms with Crippen molar-refractivity contribution in [2.24, 2.45) is 0 Å². The zero-order valence-electron chi connectivity index (χ0n) is 17.0. The summed E-state index contributed by atoms with van der Waals surface area (Å²) in [5.74, 6) is -0.0792. The molecular weight excluding hydrogens is 316 g/mol. The molecule has 0 heterocycles. The second-order valence-corrected chi connectivity index (χ2v) is 12.4. The van der Waals surface area contributed by atoms with Crippen LogP contribution in [0.15, 0.2) is 0 Å². The molecule has 0 N–H and O–H groups in total. The Labute approximate surface area is 152 Å². The largest absolute Gasteiger partial charge is 0.469 e. The van der Waals surface area contributed by atoms with Gasteiger partial charge in [0, 0.05) is 12.5 Å². The van der Waals surface area contributed by atoms with Crippen LogP contribution in [0.1, 0.15) is 90.4 Å². The van der Waals surface area contributed by atoms with Gasteiger partial charge in [-0.05, 0) is 38.9 Å². The maximum Gasteiger partial charge on any atom is 0.305 e. The van der Waals surface area contributed by atoms with Gasteiger partial charge in [0.05, 0.1) is 7.11 Å². The normalized spacial score (nSPS) is 13.0. The van der Waals surface area contributed by atoms with Crippen LogP contribution in [0.5, 0.6) is 0 Å². The molecule has 3 nitrogen and oxygen atoms in total. The highest BCUT2D eigenvalue weighted by atomic mass is 28.4.